The monoisotopic (exact) mass is 347 g/mol. The Bertz CT molecular complexity index is 759. The van der Waals surface area contributed by atoms with E-state index in [0.29, 0.717) is 22.2 Å². The molecule has 0 fully saturated rings. The smallest absolute Gasteiger partial charge is 0.248 e. The Hall–Kier alpha value is -2.66. The quantitative estimate of drug-likeness (QED) is 0.802. The minimum absolute atomic E-state index is 0.308. The summed E-state index contributed by atoms with van der Waals surface area (Å²) in [5.41, 5.74) is 1.31. The molecule has 0 aliphatic heterocycles. The highest BCUT2D eigenvalue weighted by Crippen LogP contribution is 2.35. The molecule has 0 aromatic heterocycles. The second kappa shape index (κ2) is 8.26. The Balaban J connectivity index is 2.14. The number of hydrogen-bond donors (Lipinski definition) is 1. The Morgan fingerprint density at radius 3 is 2.46 bits per heavy atom. The summed E-state index contributed by atoms with van der Waals surface area (Å²) in [6.07, 6.45) is 3.11. The minimum Gasteiger partial charge on any atom is -0.497 e. The van der Waals surface area contributed by atoms with Gasteiger partial charge in [-0.25, -0.2) is 0 Å². The van der Waals surface area contributed by atoms with E-state index in [0.717, 1.165) is 11.3 Å². The van der Waals surface area contributed by atoms with Gasteiger partial charge in [-0.05, 0) is 29.8 Å². The van der Waals surface area contributed by atoms with Crippen LogP contribution in [0.2, 0.25) is 5.02 Å². The Kier molecular flexibility index (Phi) is 6.09. The lowest BCUT2D eigenvalue weighted by Gasteiger charge is -2.12. The fraction of sp³-hybridized carbons (Fsp3) is 0.167. The van der Waals surface area contributed by atoms with Crippen molar-refractivity contribution in [1.82, 2.24) is 0 Å². The van der Waals surface area contributed by atoms with Crippen molar-refractivity contribution in [2.75, 3.05) is 26.6 Å². The highest BCUT2D eigenvalue weighted by atomic mass is 35.5. The first-order valence-electron chi connectivity index (χ1n) is 7.12. The van der Waals surface area contributed by atoms with Crippen LogP contribution in [0.15, 0.2) is 42.5 Å². The third kappa shape index (κ3) is 4.43. The summed E-state index contributed by atoms with van der Waals surface area (Å²) in [6.45, 7) is 0. The molecule has 6 heteroatoms. The number of carbonyl (C=O) groups excluding carboxylic acids is 1. The summed E-state index contributed by atoms with van der Waals surface area (Å²) in [5.74, 6) is 1.34. The van der Waals surface area contributed by atoms with E-state index in [1.807, 2.05) is 24.3 Å². The van der Waals surface area contributed by atoms with Crippen molar-refractivity contribution in [2.24, 2.45) is 0 Å². The maximum Gasteiger partial charge on any atom is 0.248 e. The van der Waals surface area contributed by atoms with Gasteiger partial charge >= 0.3 is 0 Å². The van der Waals surface area contributed by atoms with Crippen LogP contribution in [0.3, 0.4) is 0 Å². The molecule has 0 saturated heterocycles. The number of benzene rings is 2. The van der Waals surface area contributed by atoms with Crippen molar-refractivity contribution >= 4 is 29.3 Å². The summed E-state index contributed by atoms with van der Waals surface area (Å²) in [7, 11) is 4.61. The number of nitrogens with one attached hydrogen (secondary N) is 1. The van der Waals surface area contributed by atoms with Gasteiger partial charge < -0.3 is 19.5 Å². The summed E-state index contributed by atoms with van der Waals surface area (Å²) in [6, 6.07) is 10.6. The standard InChI is InChI=1S/C18H18ClNO4/c1-22-13-6-4-5-12(9-13)7-8-18(21)20-15-10-14(19)16(23-2)11-17(15)24-3/h4-11H,1-3H3,(H,20,21)/b8-7+. The van der Waals surface area contributed by atoms with E-state index in [-0.39, 0.29) is 5.91 Å². The average molecular weight is 348 g/mol. The van der Waals surface area contributed by atoms with Gasteiger partial charge in [-0.1, -0.05) is 23.7 Å². The predicted octanol–water partition coefficient (Wildman–Crippen LogP) is 4.02. The van der Waals surface area contributed by atoms with Crippen LogP contribution in [0.4, 0.5) is 5.69 Å². The Morgan fingerprint density at radius 2 is 1.79 bits per heavy atom. The van der Waals surface area contributed by atoms with Crippen LogP contribution in [0, 0.1) is 0 Å². The number of hydrogen-bond acceptors (Lipinski definition) is 4. The number of amides is 1. The summed E-state index contributed by atoms with van der Waals surface area (Å²) >= 11 is 6.08. The number of halogens is 1. The SMILES string of the molecule is COc1cccc(/C=C/C(=O)Nc2cc(Cl)c(OC)cc2OC)c1. The second-order valence-electron chi connectivity index (χ2n) is 4.79. The van der Waals surface area contributed by atoms with Gasteiger partial charge in [0.2, 0.25) is 5.91 Å². The molecule has 1 N–H and O–H groups in total. The normalized spacial score (nSPS) is 10.5. The Labute approximate surface area is 145 Å². The fourth-order valence-corrected chi connectivity index (χ4v) is 2.29. The fourth-order valence-electron chi connectivity index (χ4n) is 2.05. The van der Waals surface area contributed by atoms with Gasteiger partial charge in [0.15, 0.2) is 0 Å². The molecule has 126 valence electrons. The molecule has 0 atom stereocenters. The van der Waals surface area contributed by atoms with E-state index < -0.39 is 0 Å². The lowest BCUT2D eigenvalue weighted by atomic mass is 10.2. The van der Waals surface area contributed by atoms with Crippen molar-refractivity contribution in [3.8, 4) is 17.2 Å². The van der Waals surface area contributed by atoms with Crippen molar-refractivity contribution < 1.29 is 19.0 Å². The maximum absolute atomic E-state index is 12.1. The number of ether oxygens (including phenoxy) is 3. The van der Waals surface area contributed by atoms with E-state index in [1.165, 1.54) is 20.3 Å². The number of carbonyl (C=O) groups is 1. The summed E-state index contributed by atoms with van der Waals surface area (Å²) in [5, 5.41) is 3.11. The van der Waals surface area contributed by atoms with Crippen LogP contribution in [0.25, 0.3) is 6.08 Å². The third-order valence-electron chi connectivity index (χ3n) is 3.25. The molecule has 1 amide bonds. The van der Waals surface area contributed by atoms with E-state index in [1.54, 1.807) is 25.3 Å². The average Bonchev–Trinajstić information content (AvgIpc) is 2.60. The molecule has 2 rings (SSSR count). The molecular formula is C18H18ClNO4. The van der Waals surface area contributed by atoms with Gasteiger partial charge in [0, 0.05) is 12.1 Å². The summed E-state index contributed by atoms with van der Waals surface area (Å²) < 4.78 is 15.5. The molecule has 0 bridgehead atoms. The van der Waals surface area contributed by atoms with E-state index >= 15 is 0 Å². The first-order chi connectivity index (χ1) is 11.6. The molecule has 2 aromatic carbocycles. The van der Waals surface area contributed by atoms with Crippen LogP contribution in [0.1, 0.15) is 5.56 Å². The molecule has 5 nitrogen and oxygen atoms in total. The lowest BCUT2D eigenvalue weighted by molar-refractivity contribution is -0.111. The van der Waals surface area contributed by atoms with Gasteiger partial charge in [0.1, 0.15) is 17.2 Å². The van der Waals surface area contributed by atoms with E-state index in [2.05, 4.69) is 5.32 Å². The molecule has 0 aliphatic rings. The summed E-state index contributed by atoms with van der Waals surface area (Å²) in [4.78, 5) is 12.1. The molecule has 0 spiro atoms. The van der Waals surface area contributed by atoms with Gasteiger partial charge in [-0.3, -0.25) is 4.79 Å². The van der Waals surface area contributed by atoms with Gasteiger partial charge in [0.05, 0.1) is 32.0 Å². The number of methoxy groups -OCH3 is 3. The predicted molar refractivity (Wildman–Crippen MR) is 95.2 cm³/mol. The zero-order valence-corrected chi connectivity index (χ0v) is 14.4. The van der Waals surface area contributed by atoms with Crippen molar-refractivity contribution in [1.29, 1.82) is 0 Å². The molecule has 0 aliphatic carbocycles. The van der Waals surface area contributed by atoms with Crippen LogP contribution in [-0.4, -0.2) is 27.2 Å². The molecule has 2 aromatic rings. The Morgan fingerprint density at radius 1 is 1.04 bits per heavy atom. The van der Waals surface area contributed by atoms with Crippen LogP contribution >= 0.6 is 11.6 Å². The lowest BCUT2D eigenvalue weighted by Crippen LogP contribution is -2.09. The van der Waals surface area contributed by atoms with Crippen molar-refractivity contribution in [3.63, 3.8) is 0 Å². The van der Waals surface area contributed by atoms with E-state index in [4.69, 9.17) is 25.8 Å². The van der Waals surface area contributed by atoms with Gasteiger partial charge in [0.25, 0.3) is 0 Å². The van der Waals surface area contributed by atoms with Gasteiger partial charge in [-0.15, -0.1) is 0 Å². The highest BCUT2D eigenvalue weighted by molar-refractivity contribution is 6.32. The van der Waals surface area contributed by atoms with Crippen molar-refractivity contribution in [3.05, 3.63) is 53.1 Å². The minimum atomic E-state index is -0.308. The molecule has 24 heavy (non-hydrogen) atoms. The van der Waals surface area contributed by atoms with Crippen LogP contribution < -0.4 is 19.5 Å². The first kappa shape index (κ1) is 17.7. The third-order valence-corrected chi connectivity index (χ3v) is 3.55. The number of anilines is 1. The van der Waals surface area contributed by atoms with Gasteiger partial charge in [-0.2, -0.15) is 0 Å². The molecule has 0 heterocycles. The zero-order valence-electron chi connectivity index (χ0n) is 13.6. The first-order valence-corrected chi connectivity index (χ1v) is 7.49. The molecular weight excluding hydrogens is 330 g/mol. The highest BCUT2D eigenvalue weighted by Gasteiger charge is 2.11. The maximum atomic E-state index is 12.1. The topological polar surface area (TPSA) is 56.8 Å². The molecule has 0 saturated carbocycles. The van der Waals surface area contributed by atoms with E-state index in [9.17, 15) is 4.79 Å². The number of rotatable bonds is 6. The second-order valence-corrected chi connectivity index (χ2v) is 5.19. The molecule has 0 unspecified atom stereocenters. The van der Waals surface area contributed by atoms with Crippen LogP contribution in [0.5, 0.6) is 17.2 Å². The largest absolute Gasteiger partial charge is 0.497 e. The molecule has 0 radical (unpaired) electrons. The van der Waals surface area contributed by atoms with Crippen molar-refractivity contribution in [2.45, 2.75) is 0 Å². The zero-order chi connectivity index (χ0) is 17.5. The van der Waals surface area contributed by atoms with Crippen LogP contribution in [-0.2, 0) is 4.79 Å².